The Bertz CT molecular complexity index is 721. The van der Waals surface area contributed by atoms with Crippen LogP contribution in [0.15, 0.2) is 24.3 Å². The first kappa shape index (κ1) is 15.7. The summed E-state index contributed by atoms with van der Waals surface area (Å²) in [5.41, 5.74) is 3.12. The molecule has 6 heteroatoms. The molecule has 1 fully saturated rings. The topological polar surface area (TPSA) is 56.2 Å². The van der Waals surface area contributed by atoms with Crippen molar-refractivity contribution in [3.63, 3.8) is 0 Å². The molecule has 0 radical (unpaired) electrons. The molecule has 1 saturated heterocycles. The van der Waals surface area contributed by atoms with E-state index in [0.717, 1.165) is 29.8 Å². The minimum atomic E-state index is -0.375. The molecule has 0 spiro atoms. The normalized spacial score (nSPS) is 17.4. The molecule has 23 heavy (non-hydrogen) atoms. The molecule has 0 aliphatic carbocycles. The number of hydrogen-bond donors (Lipinski definition) is 1. The van der Waals surface area contributed by atoms with Crippen molar-refractivity contribution in [3.05, 3.63) is 47.0 Å². The second-order valence-electron chi connectivity index (χ2n) is 5.82. The van der Waals surface area contributed by atoms with Gasteiger partial charge in [-0.15, -0.1) is 0 Å². The maximum atomic E-state index is 13.3. The zero-order valence-electron chi connectivity index (χ0n) is 13.3. The summed E-state index contributed by atoms with van der Waals surface area (Å²) < 4.78 is 20.5. The molecule has 122 valence electrons. The van der Waals surface area contributed by atoms with Gasteiger partial charge >= 0.3 is 0 Å². The number of amides is 1. The van der Waals surface area contributed by atoms with Crippen LogP contribution >= 0.6 is 0 Å². The van der Waals surface area contributed by atoms with Crippen molar-refractivity contribution in [1.82, 2.24) is 9.78 Å². The van der Waals surface area contributed by atoms with Crippen molar-refractivity contribution in [2.24, 2.45) is 0 Å². The molecule has 5 nitrogen and oxygen atoms in total. The fourth-order valence-corrected chi connectivity index (χ4v) is 2.83. The third kappa shape index (κ3) is 3.42. The van der Waals surface area contributed by atoms with Crippen LogP contribution in [0.25, 0.3) is 0 Å². The maximum absolute atomic E-state index is 13.3. The molecule has 0 bridgehead atoms. The van der Waals surface area contributed by atoms with Gasteiger partial charge in [0.2, 0.25) is 0 Å². The van der Waals surface area contributed by atoms with Crippen LogP contribution in [0.5, 0.6) is 0 Å². The highest BCUT2D eigenvalue weighted by Crippen LogP contribution is 2.22. The van der Waals surface area contributed by atoms with Gasteiger partial charge in [-0.05, 0) is 44.4 Å². The Kier molecular flexibility index (Phi) is 4.43. The van der Waals surface area contributed by atoms with Gasteiger partial charge in [-0.25, -0.2) is 4.39 Å². The molecule has 0 saturated carbocycles. The van der Waals surface area contributed by atoms with Crippen molar-refractivity contribution in [3.8, 4) is 0 Å². The van der Waals surface area contributed by atoms with Gasteiger partial charge in [-0.2, -0.15) is 5.10 Å². The zero-order valence-corrected chi connectivity index (χ0v) is 13.3. The summed E-state index contributed by atoms with van der Waals surface area (Å²) in [6.07, 6.45) is 1.29. The summed E-state index contributed by atoms with van der Waals surface area (Å²) in [6.45, 7) is 4.83. The Balaban J connectivity index is 1.77. The monoisotopic (exact) mass is 317 g/mol. The number of nitrogens with one attached hydrogen (secondary N) is 1. The second kappa shape index (κ2) is 6.50. The van der Waals surface area contributed by atoms with Gasteiger partial charge in [-0.3, -0.25) is 9.48 Å². The molecule has 1 aliphatic rings. The number of carbonyl (C=O) groups excluding carboxylic acids is 1. The van der Waals surface area contributed by atoms with Crippen molar-refractivity contribution in [2.75, 3.05) is 11.9 Å². The summed E-state index contributed by atoms with van der Waals surface area (Å²) in [5.74, 6) is -0.394. The smallest absolute Gasteiger partial charge is 0.253 e. The van der Waals surface area contributed by atoms with E-state index in [1.54, 1.807) is 10.7 Å². The molecular formula is C17H20FN3O2. The van der Waals surface area contributed by atoms with Crippen molar-refractivity contribution < 1.29 is 13.9 Å². The summed E-state index contributed by atoms with van der Waals surface area (Å²) in [6, 6.07) is 6.43. The molecule has 1 aliphatic heterocycles. The largest absolute Gasteiger partial charge is 0.368 e. The highest BCUT2D eigenvalue weighted by atomic mass is 19.1. The number of aromatic nitrogens is 2. The van der Waals surface area contributed by atoms with Crippen molar-refractivity contribution in [1.29, 1.82) is 0 Å². The van der Waals surface area contributed by atoms with E-state index in [2.05, 4.69) is 10.4 Å². The molecule has 1 atom stereocenters. The third-order valence-corrected chi connectivity index (χ3v) is 4.07. The van der Waals surface area contributed by atoms with Crippen LogP contribution in [0.3, 0.4) is 0 Å². The summed E-state index contributed by atoms with van der Waals surface area (Å²) in [4.78, 5) is 12.2. The lowest BCUT2D eigenvalue weighted by atomic mass is 10.2. The highest BCUT2D eigenvalue weighted by Gasteiger charge is 2.25. The molecule has 1 amide bonds. The number of carbonyl (C=O) groups is 1. The van der Waals surface area contributed by atoms with Crippen LogP contribution in [0.4, 0.5) is 10.1 Å². The summed E-state index contributed by atoms with van der Waals surface area (Å²) in [5, 5.41) is 7.37. The van der Waals surface area contributed by atoms with Crippen LogP contribution in [0, 0.1) is 19.7 Å². The second-order valence-corrected chi connectivity index (χ2v) is 5.82. The first-order valence-corrected chi connectivity index (χ1v) is 7.75. The zero-order chi connectivity index (χ0) is 16.4. The number of nitrogens with zero attached hydrogens (tertiary/aromatic N) is 2. The molecule has 3 rings (SSSR count). The number of halogens is 1. The predicted octanol–water partition coefficient (Wildman–Crippen LogP) is 2.80. The van der Waals surface area contributed by atoms with Crippen LogP contribution in [0.1, 0.15) is 29.8 Å². The Morgan fingerprint density at radius 3 is 3.00 bits per heavy atom. The van der Waals surface area contributed by atoms with Crippen molar-refractivity contribution in [2.45, 2.75) is 39.3 Å². The third-order valence-electron chi connectivity index (χ3n) is 4.07. The molecule has 0 unspecified atom stereocenters. The summed E-state index contributed by atoms with van der Waals surface area (Å²) >= 11 is 0. The number of hydrogen-bond acceptors (Lipinski definition) is 3. The molecule has 2 heterocycles. The van der Waals surface area contributed by atoms with Crippen LogP contribution < -0.4 is 5.32 Å². The van der Waals surface area contributed by atoms with E-state index in [0.29, 0.717) is 18.8 Å². The van der Waals surface area contributed by atoms with E-state index in [-0.39, 0.29) is 17.8 Å². The minimum absolute atomic E-state index is 0.126. The number of benzene rings is 1. The average Bonchev–Trinajstić information content (AvgIpc) is 3.12. The molecule has 1 aromatic heterocycles. The van der Waals surface area contributed by atoms with Gasteiger partial charge in [-0.1, -0.05) is 12.1 Å². The SMILES string of the molecule is Cc1nn(Cc2cccc(F)c2)c(C)c1NC(=O)[C@H]1CCCO1. The van der Waals surface area contributed by atoms with E-state index in [1.165, 1.54) is 12.1 Å². The molecule has 1 N–H and O–H groups in total. The van der Waals surface area contributed by atoms with E-state index in [9.17, 15) is 9.18 Å². The number of aryl methyl sites for hydroxylation is 1. The van der Waals surface area contributed by atoms with E-state index < -0.39 is 0 Å². The predicted molar refractivity (Wildman–Crippen MR) is 84.8 cm³/mol. The lowest BCUT2D eigenvalue weighted by Gasteiger charge is -2.11. The van der Waals surface area contributed by atoms with Crippen molar-refractivity contribution >= 4 is 11.6 Å². The number of ether oxygens (including phenoxy) is 1. The lowest BCUT2D eigenvalue weighted by Crippen LogP contribution is -2.27. The lowest BCUT2D eigenvalue weighted by molar-refractivity contribution is -0.124. The Hall–Kier alpha value is -2.21. The first-order chi connectivity index (χ1) is 11.0. The van der Waals surface area contributed by atoms with Gasteiger partial charge in [0.1, 0.15) is 11.9 Å². The average molecular weight is 317 g/mol. The maximum Gasteiger partial charge on any atom is 0.253 e. The van der Waals surface area contributed by atoms with Crippen LogP contribution in [-0.4, -0.2) is 28.4 Å². The number of rotatable bonds is 4. The van der Waals surface area contributed by atoms with Crippen LogP contribution in [0.2, 0.25) is 0 Å². The molecule has 2 aromatic rings. The number of anilines is 1. The molecular weight excluding hydrogens is 297 g/mol. The highest BCUT2D eigenvalue weighted by molar-refractivity contribution is 5.95. The Morgan fingerprint density at radius 2 is 2.30 bits per heavy atom. The van der Waals surface area contributed by atoms with Gasteiger partial charge in [0.15, 0.2) is 0 Å². The summed E-state index contributed by atoms with van der Waals surface area (Å²) in [7, 11) is 0. The fraction of sp³-hybridized carbons (Fsp3) is 0.412. The molecule has 1 aromatic carbocycles. The van der Waals surface area contributed by atoms with E-state index in [4.69, 9.17) is 4.74 Å². The van der Waals surface area contributed by atoms with E-state index >= 15 is 0 Å². The van der Waals surface area contributed by atoms with E-state index in [1.807, 2.05) is 19.9 Å². The Morgan fingerprint density at radius 1 is 1.48 bits per heavy atom. The van der Waals surface area contributed by atoms with Gasteiger partial charge in [0.25, 0.3) is 5.91 Å². The first-order valence-electron chi connectivity index (χ1n) is 7.75. The fourth-order valence-electron chi connectivity index (χ4n) is 2.83. The Labute approximate surface area is 134 Å². The van der Waals surface area contributed by atoms with Gasteiger partial charge in [0, 0.05) is 6.61 Å². The van der Waals surface area contributed by atoms with Crippen LogP contribution in [-0.2, 0) is 16.1 Å². The quantitative estimate of drug-likeness (QED) is 0.943. The van der Waals surface area contributed by atoms with Gasteiger partial charge < -0.3 is 10.1 Å². The van der Waals surface area contributed by atoms with Gasteiger partial charge in [0.05, 0.1) is 23.6 Å². The minimum Gasteiger partial charge on any atom is -0.368 e. The standard InChI is InChI=1S/C17H20FN3O2/c1-11-16(19-17(22)15-7-4-8-23-15)12(2)21(20-11)10-13-5-3-6-14(18)9-13/h3,5-6,9,15H,4,7-8,10H2,1-2H3,(H,19,22)/t15-/m1/s1.